The average Bonchev–Trinajstić information content (AvgIpc) is 2.51. The second-order valence-corrected chi connectivity index (χ2v) is 5.67. The van der Waals surface area contributed by atoms with Gasteiger partial charge in [0.2, 0.25) is 5.91 Å². The van der Waals surface area contributed by atoms with E-state index in [9.17, 15) is 9.59 Å². The van der Waals surface area contributed by atoms with E-state index in [0.717, 1.165) is 18.4 Å². The molecular weight excluding hydrogens is 264 g/mol. The first-order chi connectivity index (χ1) is 10.2. The van der Waals surface area contributed by atoms with Gasteiger partial charge in [0.1, 0.15) is 5.54 Å². The number of rotatable bonds is 7. The van der Waals surface area contributed by atoms with Gasteiger partial charge in [-0.2, -0.15) is 0 Å². The Morgan fingerprint density at radius 2 is 1.76 bits per heavy atom. The summed E-state index contributed by atoms with van der Waals surface area (Å²) < 4.78 is 0. The summed E-state index contributed by atoms with van der Waals surface area (Å²) in [6.45, 7) is 2.25. The fraction of sp³-hybridized carbons (Fsp3) is 0.529. The number of unbranched alkanes of at least 4 members (excludes halogenated alkanes) is 4. The molecule has 1 heterocycles. The molecule has 0 radical (unpaired) electrons. The largest absolute Gasteiger partial charge is 0.345 e. The second-order valence-electron chi connectivity index (χ2n) is 5.67. The van der Waals surface area contributed by atoms with Gasteiger partial charge in [-0.05, 0) is 12.0 Å². The number of carbonyl (C=O) groups is 2. The normalized spacial score (nSPS) is 21.8. The molecule has 114 valence electrons. The van der Waals surface area contributed by atoms with E-state index in [2.05, 4.69) is 17.6 Å². The molecule has 0 saturated carbocycles. The Hall–Kier alpha value is -1.84. The number of benzene rings is 1. The third-order valence-electron chi connectivity index (χ3n) is 4.07. The third-order valence-corrected chi connectivity index (χ3v) is 4.07. The van der Waals surface area contributed by atoms with Crippen LogP contribution in [-0.2, 0) is 15.1 Å². The Kier molecular flexibility index (Phi) is 5.37. The van der Waals surface area contributed by atoms with Gasteiger partial charge >= 0.3 is 0 Å². The van der Waals surface area contributed by atoms with Crippen LogP contribution < -0.4 is 10.6 Å². The van der Waals surface area contributed by atoms with Crippen LogP contribution in [0.1, 0.15) is 51.0 Å². The van der Waals surface area contributed by atoms with Gasteiger partial charge in [-0.15, -0.1) is 0 Å². The number of amides is 2. The van der Waals surface area contributed by atoms with Crippen molar-refractivity contribution in [2.75, 3.05) is 6.54 Å². The maximum Gasteiger partial charge on any atom is 0.250 e. The molecule has 1 aliphatic rings. The molecule has 0 aliphatic carbocycles. The van der Waals surface area contributed by atoms with Gasteiger partial charge in [-0.1, -0.05) is 69.4 Å². The Balaban J connectivity index is 2.14. The van der Waals surface area contributed by atoms with Gasteiger partial charge in [-0.25, -0.2) is 0 Å². The van der Waals surface area contributed by atoms with E-state index in [1.54, 1.807) is 0 Å². The Morgan fingerprint density at radius 3 is 2.48 bits per heavy atom. The van der Waals surface area contributed by atoms with Crippen molar-refractivity contribution in [3.63, 3.8) is 0 Å². The molecule has 1 aromatic carbocycles. The van der Waals surface area contributed by atoms with Crippen molar-refractivity contribution in [3.8, 4) is 0 Å². The van der Waals surface area contributed by atoms with E-state index in [0.29, 0.717) is 6.42 Å². The van der Waals surface area contributed by atoms with Crippen molar-refractivity contribution >= 4 is 11.8 Å². The standard InChI is InChI=1S/C17H24N2O2/c1-2-3-4-5-9-12-17(14-10-7-6-8-11-14)16(21)18-13-15(20)19-17/h6-8,10-11H,2-5,9,12-13H2,1H3,(H,18,21)(H,19,20). The van der Waals surface area contributed by atoms with Gasteiger partial charge in [-0.3, -0.25) is 9.59 Å². The lowest BCUT2D eigenvalue weighted by atomic mass is 9.82. The molecule has 1 aromatic rings. The van der Waals surface area contributed by atoms with E-state index >= 15 is 0 Å². The van der Waals surface area contributed by atoms with Gasteiger partial charge in [0, 0.05) is 0 Å². The van der Waals surface area contributed by atoms with Crippen molar-refractivity contribution in [3.05, 3.63) is 35.9 Å². The summed E-state index contributed by atoms with van der Waals surface area (Å²) in [5.74, 6) is -0.212. The fourth-order valence-corrected chi connectivity index (χ4v) is 2.89. The van der Waals surface area contributed by atoms with Crippen LogP contribution in [0.2, 0.25) is 0 Å². The highest BCUT2D eigenvalue weighted by Crippen LogP contribution is 2.29. The number of hydrogen-bond acceptors (Lipinski definition) is 2. The summed E-state index contributed by atoms with van der Waals surface area (Å²) >= 11 is 0. The summed E-state index contributed by atoms with van der Waals surface area (Å²) in [4.78, 5) is 24.3. The van der Waals surface area contributed by atoms with Crippen LogP contribution in [0.4, 0.5) is 0 Å². The maximum absolute atomic E-state index is 12.5. The minimum atomic E-state index is -0.900. The zero-order chi connectivity index (χ0) is 15.1. The van der Waals surface area contributed by atoms with Crippen molar-refractivity contribution < 1.29 is 9.59 Å². The topological polar surface area (TPSA) is 58.2 Å². The van der Waals surface area contributed by atoms with Gasteiger partial charge in [0.05, 0.1) is 6.54 Å². The summed E-state index contributed by atoms with van der Waals surface area (Å²) in [6.07, 6.45) is 6.27. The Morgan fingerprint density at radius 1 is 1.05 bits per heavy atom. The van der Waals surface area contributed by atoms with Crippen molar-refractivity contribution in [2.24, 2.45) is 0 Å². The van der Waals surface area contributed by atoms with Crippen LogP contribution in [-0.4, -0.2) is 18.4 Å². The number of piperazine rings is 1. The first kappa shape index (κ1) is 15.5. The highest BCUT2D eigenvalue weighted by molar-refractivity contribution is 5.98. The maximum atomic E-state index is 12.5. The monoisotopic (exact) mass is 288 g/mol. The molecule has 2 N–H and O–H groups in total. The lowest BCUT2D eigenvalue weighted by molar-refractivity contribution is -0.139. The number of nitrogens with one attached hydrogen (secondary N) is 2. The zero-order valence-corrected chi connectivity index (χ0v) is 12.7. The SMILES string of the molecule is CCCCCCCC1(c2ccccc2)NC(=O)CNC1=O. The van der Waals surface area contributed by atoms with E-state index < -0.39 is 5.54 Å². The quantitative estimate of drug-likeness (QED) is 0.757. The zero-order valence-electron chi connectivity index (χ0n) is 12.7. The van der Waals surface area contributed by atoms with E-state index in [1.807, 2.05) is 30.3 Å². The molecule has 1 atom stereocenters. The number of carbonyl (C=O) groups excluding carboxylic acids is 2. The predicted molar refractivity (Wildman–Crippen MR) is 82.6 cm³/mol. The molecule has 2 rings (SSSR count). The lowest BCUT2D eigenvalue weighted by Crippen LogP contribution is -2.63. The summed E-state index contributed by atoms with van der Waals surface area (Å²) in [7, 11) is 0. The highest BCUT2D eigenvalue weighted by Gasteiger charge is 2.43. The Labute approximate surface area is 126 Å². The average molecular weight is 288 g/mol. The molecule has 4 nitrogen and oxygen atoms in total. The second kappa shape index (κ2) is 7.25. The molecule has 2 amide bonds. The summed E-state index contributed by atoms with van der Waals surface area (Å²) in [5.41, 5.74) is -0.0333. The summed E-state index contributed by atoms with van der Waals surface area (Å²) in [5, 5.41) is 5.66. The molecule has 0 bridgehead atoms. The molecule has 1 aliphatic heterocycles. The molecule has 4 heteroatoms. The molecule has 21 heavy (non-hydrogen) atoms. The lowest BCUT2D eigenvalue weighted by Gasteiger charge is -2.37. The van der Waals surface area contributed by atoms with Crippen LogP contribution in [0, 0.1) is 0 Å². The smallest absolute Gasteiger partial charge is 0.250 e. The molecule has 0 aromatic heterocycles. The number of hydrogen-bond donors (Lipinski definition) is 2. The first-order valence-corrected chi connectivity index (χ1v) is 7.84. The molecular formula is C17H24N2O2. The van der Waals surface area contributed by atoms with Crippen molar-refractivity contribution in [1.29, 1.82) is 0 Å². The van der Waals surface area contributed by atoms with Gasteiger partial charge in [0.15, 0.2) is 0 Å². The van der Waals surface area contributed by atoms with E-state index in [1.165, 1.54) is 19.3 Å². The van der Waals surface area contributed by atoms with Crippen LogP contribution >= 0.6 is 0 Å². The first-order valence-electron chi connectivity index (χ1n) is 7.84. The van der Waals surface area contributed by atoms with Crippen LogP contribution in [0.5, 0.6) is 0 Å². The van der Waals surface area contributed by atoms with E-state index in [4.69, 9.17) is 0 Å². The van der Waals surface area contributed by atoms with Crippen molar-refractivity contribution in [1.82, 2.24) is 10.6 Å². The minimum Gasteiger partial charge on any atom is -0.345 e. The van der Waals surface area contributed by atoms with Crippen LogP contribution in [0.15, 0.2) is 30.3 Å². The van der Waals surface area contributed by atoms with Crippen molar-refractivity contribution in [2.45, 2.75) is 51.0 Å². The molecule has 1 unspecified atom stereocenters. The minimum absolute atomic E-state index is 0.0727. The third kappa shape index (κ3) is 3.63. The highest BCUT2D eigenvalue weighted by atomic mass is 16.2. The Bertz CT molecular complexity index is 487. The van der Waals surface area contributed by atoms with Gasteiger partial charge in [0.25, 0.3) is 5.91 Å². The predicted octanol–water partition coefficient (Wildman–Crippen LogP) is 2.49. The fourth-order valence-electron chi connectivity index (χ4n) is 2.89. The summed E-state index contributed by atoms with van der Waals surface area (Å²) in [6, 6.07) is 9.56. The van der Waals surface area contributed by atoms with Gasteiger partial charge < -0.3 is 10.6 Å². The molecule has 0 spiro atoms. The van der Waals surface area contributed by atoms with E-state index in [-0.39, 0.29) is 18.4 Å². The molecule has 1 saturated heterocycles. The van der Waals surface area contributed by atoms with Crippen LogP contribution in [0.3, 0.4) is 0 Å². The van der Waals surface area contributed by atoms with Crippen LogP contribution in [0.25, 0.3) is 0 Å². The molecule has 1 fully saturated rings.